The van der Waals surface area contributed by atoms with Crippen molar-refractivity contribution in [1.82, 2.24) is 5.43 Å². The zero-order chi connectivity index (χ0) is 17.6. The first kappa shape index (κ1) is 16.8. The minimum atomic E-state index is -0.0174. The molecule has 1 aliphatic rings. The molecular formula is C18H17N5OS. The molecule has 1 amide bonds. The minimum absolute atomic E-state index is 0.0174. The lowest BCUT2D eigenvalue weighted by atomic mass is 10.0. The van der Waals surface area contributed by atoms with Crippen LogP contribution in [0.15, 0.2) is 64.8 Å². The molecule has 3 rings (SSSR count). The van der Waals surface area contributed by atoms with E-state index >= 15 is 0 Å². The molecule has 0 fully saturated rings. The van der Waals surface area contributed by atoms with Crippen LogP contribution in [0.25, 0.3) is 0 Å². The predicted molar refractivity (Wildman–Crippen MR) is 104 cm³/mol. The van der Waals surface area contributed by atoms with Gasteiger partial charge in [-0.3, -0.25) is 10.2 Å². The summed E-state index contributed by atoms with van der Waals surface area (Å²) in [7, 11) is 0. The van der Waals surface area contributed by atoms with Crippen molar-refractivity contribution in [3.05, 3.63) is 65.7 Å². The van der Waals surface area contributed by atoms with E-state index in [0.717, 1.165) is 22.5 Å². The van der Waals surface area contributed by atoms with Crippen LogP contribution in [0.4, 0.5) is 5.69 Å². The first-order valence-corrected chi connectivity index (χ1v) is 8.19. The summed E-state index contributed by atoms with van der Waals surface area (Å²) in [6, 6.07) is 17.3. The number of nitrogens with zero attached hydrogens (tertiary/aromatic N) is 3. The third kappa shape index (κ3) is 4.27. The van der Waals surface area contributed by atoms with Crippen LogP contribution in [0.2, 0.25) is 0 Å². The van der Waals surface area contributed by atoms with Crippen LogP contribution in [0.5, 0.6) is 0 Å². The van der Waals surface area contributed by atoms with Gasteiger partial charge < -0.3 is 5.73 Å². The molecule has 0 saturated heterocycles. The highest BCUT2D eigenvalue weighted by Gasteiger charge is 2.22. The van der Waals surface area contributed by atoms with Gasteiger partial charge in [0.2, 0.25) is 5.91 Å². The van der Waals surface area contributed by atoms with E-state index < -0.39 is 0 Å². The van der Waals surface area contributed by atoms with E-state index in [1.54, 1.807) is 6.21 Å². The number of nitrogens with one attached hydrogen (secondary N) is 1. The Balaban J connectivity index is 1.81. The summed E-state index contributed by atoms with van der Waals surface area (Å²) >= 11 is 4.68. The van der Waals surface area contributed by atoms with Crippen LogP contribution in [0.1, 0.15) is 24.0 Å². The summed E-state index contributed by atoms with van der Waals surface area (Å²) < 4.78 is 0. The highest BCUT2D eigenvalue weighted by Crippen LogP contribution is 2.22. The number of amides is 1. The van der Waals surface area contributed by atoms with Crippen LogP contribution in [0.3, 0.4) is 0 Å². The molecule has 0 bridgehead atoms. The lowest BCUT2D eigenvalue weighted by molar-refractivity contribution is -0.118. The second-order valence-corrected chi connectivity index (χ2v) is 5.88. The van der Waals surface area contributed by atoms with Crippen molar-refractivity contribution >= 4 is 40.9 Å². The Morgan fingerprint density at radius 1 is 1.16 bits per heavy atom. The highest BCUT2D eigenvalue weighted by atomic mass is 32.1. The Labute approximate surface area is 151 Å². The van der Waals surface area contributed by atoms with Gasteiger partial charge in [-0.05, 0) is 35.5 Å². The smallest absolute Gasteiger partial charge is 0.247 e. The summed E-state index contributed by atoms with van der Waals surface area (Å²) in [4.78, 5) is 12.3. The van der Waals surface area contributed by atoms with E-state index in [1.807, 2.05) is 54.6 Å². The van der Waals surface area contributed by atoms with Gasteiger partial charge in [0.05, 0.1) is 17.6 Å². The van der Waals surface area contributed by atoms with Crippen molar-refractivity contribution < 1.29 is 4.79 Å². The average molecular weight is 351 g/mol. The van der Waals surface area contributed by atoms with Crippen LogP contribution >= 0.6 is 12.2 Å². The maximum atomic E-state index is 12.3. The molecule has 0 aromatic heterocycles. The number of nitrogens with two attached hydrogens (primary N) is 1. The summed E-state index contributed by atoms with van der Waals surface area (Å²) in [5, 5.41) is 10.0. The van der Waals surface area contributed by atoms with Crippen molar-refractivity contribution in [2.75, 3.05) is 5.01 Å². The Morgan fingerprint density at radius 3 is 2.56 bits per heavy atom. The quantitative estimate of drug-likeness (QED) is 0.503. The van der Waals surface area contributed by atoms with Crippen molar-refractivity contribution in [1.29, 1.82) is 0 Å². The molecule has 0 saturated carbocycles. The molecule has 0 atom stereocenters. The zero-order valence-corrected chi connectivity index (χ0v) is 14.2. The van der Waals surface area contributed by atoms with Crippen LogP contribution in [-0.4, -0.2) is 22.9 Å². The van der Waals surface area contributed by atoms with Crippen LogP contribution < -0.4 is 16.2 Å². The maximum absolute atomic E-state index is 12.3. The molecule has 25 heavy (non-hydrogen) atoms. The molecule has 6 nitrogen and oxygen atoms in total. The molecule has 2 aromatic carbocycles. The van der Waals surface area contributed by atoms with Crippen molar-refractivity contribution in [2.24, 2.45) is 15.9 Å². The predicted octanol–water partition coefficient (Wildman–Crippen LogP) is 2.38. The number of hydrogen-bond acceptors (Lipinski definition) is 4. The SMILES string of the molecule is NC(=S)N/N=C\c1ccc(N2N=C(c3ccccc3)CCC2=O)cc1. The van der Waals surface area contributed by atoms with Crippen LogP contribution in [0, 0.1) is 0 Å². The third-order valence-corrected chi connectivity index (χ3v) is 3.76. The Kier molecular flexibility index (Phi) is 5.15. The van der Waals surface area contributed by atoms with Gasteiger partial charge in [0, 0.05) is 12.8 Å². The minimum Gasteiger partial charge on any atom is -0.375 e. The number of carbonyl (C=O) groups is 1. The third-order valence-electron chi connectivity index (χ3n) is 3.67. The molecule has 3 N–H and O–H groups in total. The standard InChI is InChI=1S/C18H17N5OS/c19-18(25)21-20-12-13-6-8-15(9-7-13)23-17(24)11-10-16(22-23)14-4-2-1-3-5-14/h1-9,12H,10-11H2,(H3,19,21,25)/b20-12-. The van der Waals surface area contributed by atoms with E-state index in [2.05, 4.69) is 27.8 Å². The second-order valence-electron chi connectivity index (χ2n) is 5.44. The fourth-order valence-electron chi connectivity index (χ4n) is 2.46. The first-order valence-electron chi connectivity index (χ1n) is 7.78. The number of thiocarbonyl (C=S) groups is 1. The fraction of sp³-hybridized carbons (Fsp3) is 0.111. The number of benzene rings is 2. The van der Waals surface area contributed by atoms with Gasteiger partial charge in [0.1, 0.15) is 0 Å². The van der Waals surface area contributed by atoms with Gasteiger partial charge in [0.15, 0.2) is 5.11 Å². The molecule has 1 heterocycles. The van der Waals surface area contributed by atoms with E-state index in [9.17, 15) is 4.79 Å². The molecule has 126 valence electrons. The van der Waals surface area contributed by atoms with Crippen molar-refractivity contribution in [3.8, 4) is 0 Å². The van der Waals surface area contributed by atoms with E-state index in [0.29, 0.717) is 12.8 Å². The van der Waals surface area contributed by atoms with E-state index in [1.165, 1.54) is 5.01 Å². The van der Waals surface area contributed by atoms with E-state index in [-0.39, 0.29) is 11.0 Å². The van der Waals surface area contributed by atoms with Crippen molar-refractivity contribution in [2.45, 2.75) is 12.8 Å². The number of anilines is 1. The Bertz CT molecular complexity index is 830. The molecule has 1 aliphatic heterocycles. The molecule has 0 radical (unpaired) electrons. The number of hydrazone groups is 2. The van der Waals surface area contributed by atoms with Gasteiger partial charge in [-0.25, -0.2) is 5.01 Å². The lowest BCUT2D eigenvalue weighted by Gasteiger charge is -2.23. The summed E-state index contributed by atoms with van der Waals surface area (Å²) in [5.74, 6) is -0.0174. The second kappa shape index (κ2) is 7.67. The van der Waals surface area contributed by atoms with Gasteiger partial charge in [-0.2, -0.15) is 10.2 Å². The largest absolute Gasteiger partial charge is 0.375 e. The molecular weight excluding hydrogens is 334 g/mol. The van der Waals surface area contributed by atoms with Gasteiger partial charge in [-0.1, -0.05) is 42.5 Å². The van der Waals surface area contributed by atoms with E-state index in [4.69, 9.17) is 5.73 Å². The number of rotatable bonds is 4. The fourth-order valence-corrected chi connectivity index (χ4v) is 2.52. The topological polar surface area (TPSA) is 83.1 Å². The summed E-state index contributed by atoms with van der Waals surface area (Å²) in [6.07, 6.45) is 2.68. The zero-order valence-electron chi connectivity index (χ0n) is 13.4. The molecule has 0 aliphatic carbocycles. The van der Waals surface area contributed by atoms with Crippen molar-refractivity contribution in [3.63, 3.8) is 0 Å². The van der Waals surface area contributed by atoms with Gasteiger partial charge in [0.25, 0.3) is 0 Å². The first-order chi connectivity index (χ1) is 12.1. The Hall–Kier alpha value is -3.06. The van der Waals surface area contributed by atoms with Crippen LogP contribution in [-0.2, 0) is 4.79 Å². The molecule has 0 unspecified atom stereocenters. The average Bonchev–Trinajstić information content (AvgIpc) is 2.63. The highest BCUT2D eigenvalue weighted by molar-refractivity contribution is 7.80. The molecule has 0 spiro atoms. The number of hydrogen-bond donors (Lipinski definition) is 2. The summed E-state index contributed by atoms with van der Waals surface area (Å²) in [5.41, 5.74) is 11.3. The van der Waals surface area contributed by atoms with Gasteiger partial charge >= 0.3 is 0 Å². The Morgan fingerprint density at radius 2 is 1.88 bits per heavy atom. The lowest BCUT2D eigenvalue weighted by Crippen LogP contribution is -2.31. The van der Waals surface area contributed by atoms with Gasteiger partial charge in [-0.15, -0.1) is 0 Å². The normalized spacial score (nSPS) is 14.5. The molecule has 2 aromatic rings. The number of carbonyl (C=O) groups excluding carboxylic acids is 1. The molecule has 7 heteroatoms. The maximum Gasteiger partial charge on any atom is 0.247 e. The monoisotopic (exact) mass is 351 g/mol. The summed E-state index contributed by atoms with van der Waals surface area (Å²) in [6.45, 7) is 0.